The molecule has 0 unspecified atom stereocenters. The van der Waals surface area contributed by atoms with E-state index in [2.05, 4.69) is 35.3 Å². The van der Waals surface area contributed by atoms with Crippen molar-refractivity contribution in [3.63, 3.8) is 0 Å². The lowest BCUT2D eigenvalue weighted by Gasteiger charge is -2.34. The van der Waals surface area contributed by atoms with Gasteiger partial charge >= 0.3 is 0 Å². The van der Waals surface area contributed by atoms with E-state index >= 15 is 0 Å². The van der Waals surface area contributed by atoms with Crippen LogP contribution in [0.5, 0.6) is 0 Å². The molecule has 4 rings (SSSR count). The number of furan rings is 1. The van der Waals surface area contributed by atoms with Crippen molar-refractivity contribution in [2.75, 3.05) is 44.2 Å². The van der Waals surface area contributed by atoms with Gasteiger partial charge in [-0.25, -0.2) is 9.97 Å². The first-order valence-corrected chi connectivity index (χ1v) is 9.34. The molecule has 0 amide bonds. The molecule has 0 radical (unpaired) electrons. The van der Waals surface area contributed by atoms with Gasteiger partial charge in [-0.3, -0.25) is 10.00 Å². The Bertz CT molecular complexity index is 837. The normalized spacial score (nSPS) is 15.4. The van der Waals surface area contributed by atoms with Gasteiger partial charge in [0.15, 0.2) is 5.76 Å². The van der Waals surface area contributed by atoms with Crippen LogP contribution in [0.4, 0.5) is 5.95 Å². The number of H-pyrrole nitrogens is 1. The van der Waals surface area contributed by atoms with E-state index in [4.69, 9.17) is 4.42 Å². The Balaban J connectivity index is 1.20. The number of aromatic amines is 1. The minimum atomic E-state index is 0.767. The largest absolute Gasteiger partial charge is 0.460 e. The summed E-state index contributed by atoms with van der Waals surface area (Å²) in [7, 11) is 0. The van der Waals surface area contributed by atoms with Crippen LogP contribution < -0.4 is 10.2 Å². The predicted molar refractivity (Wildman–Crippen MR) is 103 cm³/mol. The molecule has 1 saturated heterocycles. The highest BCUT2D eigenvalue weighted by molar-refractivity contribution is 5.56. The summed E-state index contributed by atoms with van der Waals surface area (Å²) in [5.74, 6) is 2.57. The van der Waals surface area contributed by atoms with Gasteiger partial charge in [0.05, 0.1) is 6.20 Å². The Morgan fingerprint density at radius 1 is 1.15 bits per heavy atom. The molecule has 1 aliphatic heterocycles. The summed E-state index contributed by atoms with van der Waals surface area (Å²) >= 11 is 0. The molecule has 1 fully saturated rings. The van der Waals surface area contributed by atoms with Crippen molar-refractivity contribution in [2.24, 2.45) is 0 Å². The van der Waals surface area contributed by atoms with Gasteiger partial charge in [0.1, 0.15) is 11.5 Å². The maximum Gasteiger partial charge on any atom is 0.225 e. The van der Waals surface area contributed by atoms with Crippen LogP contribution in [0.3, 0.4) is 0 Å². The zero-order valence-electron chi connectivity index (χ0n) is 15.6. The van der Waals surface area contributed by atoms with Crippen LogP contribution in [0.25, 0.3) is 11.5 Å². The first-order chi connectivity index (χ1) is 13.3. The second kappa shape index (κ2) is 8.32. The molecule has 2 N–H and O–H groups in total. The molecule has 3 aromatic heterocycles. The summed E-state index contributed by atoms with van der Waals surface area (Å²) in [6, 6.07) is 5.79. The lowest BCUT2D eigenvalue weighted by Crippen LogP contribution is -2.48. The molecule has 4 heterocycles. The average Bonchev–Trinajstić information content (AvgIpc) is 3.35. The fourth-order valence-corrected chi connectivity index (χ4v) is 3.31. The van der Waals surface area contributed by atoms with Crippen LogP contribution in [0.15, 0.2) is 41.2 Å². The fraction of sp³-hybridized carbons (Fsp3) is 0.421. The van der Waals surface area contributed by atoms with Gasteiger partial charge in [-0.15, -0.1) is 0 Å². The predicted octanol–water partition coefficient (Wildman–Crippen LogP) is 1.68. The smallest absolute Gasteiger partial charge is 0.225 e. The minimum Gasteiger partial charge on any atom is -0.460 e. The van der Waals surface area contributed by atoms with E-state index in [1.54, 1.807) is 12.4 Å². The third kappa shape index (κ3) is 4.35. The van der Waals surface area contributed by atoms with Crippen molar-refractivity contribution < 1.29 is 4.42 Å². The molecule has 0 atom stereocenters. The Kier molecular flexibility index (Phi) is 5.45. The molecular formula is C19H25N7O. The molecule has 8 nitrogen and oxygen atoms in total. The Morgan fingerprint density at radius 2 is 1.96 bits per heavy atom. The Labute approximate surface area is 158 Å². The third-order valence-electron chi connectivity index (χ3n) is 4.83. The van der Waals surface area contributed by atoms with Gasteiger partial charge in [-0.2, -0.15) is 5.10 Å². The third-order valence-corrected chi connectivity index (χ3v) is 4.83. The van der Waals surface area contributed by atoms with Crippen molar-refractivity contribution in [1.82, 2.24) is 30.4 Å². The zero-order chi connectivity index (χ0) is 18.5. The van der Waals surface area contributed by atoms with E-state index in [1.165, 1.54) is 0 Å². The number of piperazine rings is 1. The van der Waals surface area contributed by atoms with Crippen molar-refractivity contribution in [1.29, 1.82) is 0 Å². The van der Waals surface area contributed by atoms with E-state index < -0.39 is 0 Å². The molecular weight excluding hydrogens is 342 g/mol. The highest BCUT2D eigenvalue weighted by atomic mass is 16.3. The van der Waals surface area contributed by atoms with E-state index in [1.807, 2.05) is 31.3 Å². The molecule has 0 spiro atoms. The topological polar surface area (TPSA) is 86.1 Å². The van der Waals surface area contributed by atoms with E-state index in [0.717, 1.165) is 74.5 Å². The molecule has 142 valence electrons. The molecule has 0 aromatic carbocycles. The average molecular weight is 367 g/mol. The van der Waals surface area contributed by atoms with Gasteiger partial charge in [0, 0.05) is 63.8 Å². The van der Waals surface area contributed by atoms with Gasteiger partial charge in [0.25, 0.3) is 0 Å². The monoisotopic (exact) mass is 367 g/mol. The number of nitrogens with zero attached hydrogens (tertiary/aromatic N) is 5. The van der Waals surface area contributed by atoms with Crippen molar-refractivity contribution in [2.45, 2.75) is 13.5 Å². The quantitative estimate of drug-likeness (QED) is 0.615. The second-order valence-electron chi connectivity index (χ2n) is 6.73. The number of hydrogen-bond acceptors (Lipinski definition) is 7. The summed E-state index contributed by atoms with van der Waals surface area (Å²) < 4.78 is 5.69. The summed E-state index contributed by atoms with van der Waals surface area (Å²) in [5, 5.41) is 10.7. The van der Waals surface area contributed by atoms with Crippen molar-refractivity contribution >= 4 is 5.95 Å². The maximum absolute atomic E-state index is 5.69. The van der Waals surface area contributed by atoms with E-state index in [9.17, 15) is 0 Å². The molecule has 8 heteroatoms. The molecule has 1 aliphatic rings. The standard InChI is InChI=1S/C19H25N7O/c1-15-3-4-17(27-15)18-16(14-23-24-18)13-20-7-8-25-9-11-26(12-10-25)19-21-5-2-6-22-19/h2-6,14,20H,7-13H2,1H3,(H,23,24). The molecule has 0 bridgehead atoms. The minimum absolute atomic E-state index is 0.767. The van der Waals surface area contributed by atoms with Crippen LogP contribution in [0, 0.1) is 6.92 Å². The summed E-state index contributed by atoms with van der Waals surface area (Å²) in [5.41, 5.74) is 2.07. The lowest BCUT2D eigenvalue weighted by molar-refractivity contribution is 0.256. The van der Waals surface area contributed by atoms with Crippen LogP contribution in [-0.4, -0.2) is 64.3 Å². The van der Waals surface area contributed by atoms with Crippen LogP contribution in [0.2, 0.25) is 0 Å². The number of aryl methyl sites for hydroxylation is 1. The van der Waals surface area contributed by atoms with Crippen molar-refractivity contribution in [3.8, 4) is 11.5 Å². The van der Waals surface area contributed by atoms with Gasteiger partial charge in [0.2, 0.25) is 5.95 Å². The van der Waals surface area contributed by atoms with E-state index in [0.29, 0.717) is 0 Å². The lowest BCUT2D eigenvalue weighted by atomic mass is 10.2. The van der Waals surface area contributed by atoms with Gasteiger partial charge in [-0.1, -0.05) is 0 Å². The highest BCUT2D eigenvalue weighted by Crippen LogP contribution is 2.23. The Morgan fingerprint density at radius 3 is 2.70 bits per heavy atom. The fourth-order valence-electron chi connectivity index (χ4n) is 3.31. The number of hydrogen-bond donors (Lipinski definition) is 2. The highest BCUT2D eigenvalue weighted by Gasteiger charge is 2.18. The maximum atomic E-state index is 5.69. The molecule has 0 saturated carbocycles. The molecule has 0 aliphatic carbocycles. The number of rotatable bonds is 7. The zero-order valence-corrected chi connectivity index (χ0v) is 15.6. The van der Waals surface area contributed by atoms with Crippen LogP contribution in [0.1, 0.15) is 11.3 Å². The number of aromatic nitrogens is 4. The Hall–Kier alpha value is -2.71. The van der Waals surface area contributed by atoms with Gasteiger partial charge in [-0.05, 0) is 25.1 Å². The van der Waals surface area contributed by atoms with Crippen LogP contribution >= 0.6 is 0 Å². The molecule has 3 aromatic rings. The first-order valence-electron chi connectivity index (χ1n) is 9.34. The first kappa shape index (κ1) is 17.7. The van der Waals surface area contributed by atoms with E-state index in [-0.39, 0.29) is 0 Å². The van der Waals surface area contributed by atoms with Crippen LogP contribution in [-0.2, 0) is 6.54 Å². The number of nitrogens with one attached hydrogen (secondary N) is 2. The number of anilines is 1. The summed E-state index contributed by atoms with van der Waals surface area (Å²) in [4.78, 5) is 13.4. The van der Waals surface area contributed by atoms with Crippen molar-refractivity contribution in [3.05, 3.63) is 48.1 Å². The van der Waals surface area contributed by atoms with Gasteiger partial charge < -0.3 is 14.6 Å². The summed E-state index contributed by atoms with van der Waals surface area (Å²) in [6.07, 6.45) is 5.46. The molecule has 27 heavy (non-hydrogen) atoms. The SMILES string of the molecule is Cc1ccc(-c2[nH]ncc2CNCCN2CCN(c3ncccn3)CC2)o1. The summed E-state index contributed by atoms with van der Waals surface area (Å²) in [6.45, 7) is 8.66. The second-order valence-corrected chi connectivity index (χ2v) is 6.73.